The summed E-state index contributed by atoms with van der Waals surface area (Å²) in [5.74, 6) is 0. The summed E-state index contributed by atoms with van der Waals surface area (Å²) in [6.45, 7) is 7.71. The number of nitrogens with zero attached hydrogens (tertiary/aromatic N) is 2. The molecule has 0 radical (unpaired) electrons. The van der Waals surface area contributed by atoms with Crippen LogP contribution in [-0.2, 0) is 5.41 Å². The van der Waals surface area contributed by atoms with E-state index in [1.165, 1.54) is 86.5 Å². The van der Waals surface area contributed by atoms with Crippen LogP contribution in [0.3, 0.4) is 0 Å². The van der Waals surface area contributed by atoms with Crippen LogP contribution in [0.1, 0.15) is 50.7 Å². The molecule has 174 valence electrons. The van der Waals surface area contributed by atoms with E-state index in [9.17, 15) is 0 Å². The highest BCUT2D eigenvalue weighted by Gasteiger charge is 2.61. The third-order valence-corrected chi connectivity index (χ3v) is 10.6. The van der Waals surface area contributed by atoms with Crippen LogP contribution >= 0.6 is 0 Å². The molecule has 3 heteroatoms. The molecule has 4 aliphatic rings. The van der Waals surface area contributed by atoms with Gasteiger partial charge in [-0.1, -0.05) is 79.9 Å². The van der Waals surface area contributed by atoms with Gasteiger partial charge in [0.05, 0.1) is 11.1 Å². The minimum absolute atomic E-state index is 0.0985. The average Bonchev–Trinajstić information content (AvgIpc) is 3.33. The SMILES string of the molecule is Cc1cc2c3c(c1)C1(C)CCCCC1(C)N3c1cccc3c1B2c1cccc2c4ccccc4n-3c12. The van der Waals surface area contributed by atoms with E-state index >= 15 is 0 Å². The normalized spacial score (nSPS) is 24.8. The lowest BCUT2D eigenvalue weighted by atomic mass is 9.33. The first-order chi connectivity index (χ1) is 17.5. The molecular weight excluding hydrogens is 435 g/mol. The van der Waals surface area contributed by atoms with E-state index in [0.717, 1.165) is 0 Å². The molecule has 1 fully saturated rings. The molecule has 0 bridgehead atoms. The molecule has 4 aromatic carbocycles. The number of para-hydroxylation sites is 2. The number of fused-ring (bicyclic) bond motifs is 10. The van der Waals surface area contributed by atoms with E-state index in [-0.39, 0.29) is 17.7 Å². The lowest BCUT2D eigenvalue weighted by molar-refractivity contribution is 0.195. The molecule has 2 nitrogen and oxygen atoms in total. The van der Waals surface area contributed by atoms with Gasteiger partial charge in [-0.2, -0.15) is 0 Å². The van der Waals surface area contributed by atoms with Gasteiger partial charge in [0, 0.05) is 38.8 Å². The summed E-state index contributed by atoms with van der Waals surface area (Å²) in [6, 6.07) is 28.1. The zero-order valence-corrected chi connectivity index (χ0v) is 21.2. The van der Waals surface area contributed by atoms with E-state index in [0.29, 0.717) is 0 Å². The molecule has 1 aromatic heterocycles. The van der Waals surface area contributed by atoms with Crippen molar-refractivity contribution in [3.63, 3.8) is 0 Å². The number of hydrogen-bond acceptors (Lipinski definition) is 1. The highest BCUT2D eigenvalue weighted by atomic mass is 15.3. The number of benzene rings is 4. The molecule has 0 spiro atoms. The average molecular weight is 464 g/mol. The summed E-state index contributed by atoms with van der Waals surface area (Å²) in [7, 11) is 0. The predicted octanol–water partition coefficient (Wildman–Crippen LogP) is 5.98. The van der Waals surface area contributed by atoms with Crippen molar-refractivity contribution < 1.29 is 0 Å². The lowest BCUT2D eigenvalue weighted by Crippen LogP contribution is -2.64. The summed E-state index contributed by atoms with van der Waals surface area (Å²) in [5, 5.41) is 2.73. The van der Waals surface area contributed by atoms with Gasteiger partial charge in [-0.05, 0) is 66.8 Å². The van der Waals surface area contributed by atoms with Crippen molar-refractivity contribution in [2.75, 3.05) is 4.90 Å². The standard InChI is InChI=1S/C33H29BN2/c1-20-18-23-31-25(19-20)34-24-12-8-11-22-21-10-4-5-13-26(21)35(30(22)24)27-14-9-15-28(29(27)34)36(31)33(3)17-7-6-16-32(23,33)2/h4-5,8-15,18-19H,6-7,16-17H2,1-3H3. The Kier molecular flexibility index (Phi) is 3.33. The summed E-state index contributed by atoms with van der Waals surface area (Å²) in [4.78, 5) is 2.81. The molecule has 0 N–H and O–H groups in total. The summed E-state index contributed by atoms with van der Waals surface area (Å²) >= 11 is 0. The molecule has 1 saturated carbocycles. The number of rotatable bonds is 0. The van der Waals surface area contributed by atoms with Crippen molar-refractivity contribution >= 4 is 56.3 Å². The van der Waals surface area contributed by atoms with Gasteiger partial charge >= 0.3 is 0 Å². The Labute approximate surface area is 212 Å². The summed E-state index contributed by atoms with van der Waals surface area (Å²) in [5.41, 5.74) is 14.8. The van der Waals surface area contributed by atoms with E-state index in [1.54, 1.807) is 5.56 Å². The first-order valence-electron chi connectivity index (χ1n) is 13.6. The maximum atomic E-state index is 2.81. The lowest BCUT2D eigenvalue weighted by Gasteiger charge is -2.52. The van der Waals surface area contributed by atoms with E-state index in [1.807, 2.05) is 0 Å². The van der Waals surface area contributed by atoms with Gasteiger partial charge in [-0.15, -0.1) is 0 Å². The third-order valence-electron chi connectivity index (χ3n) is 10.6. The Balaban J connectivity index is 1.50. The van der Waals surface area contributed by atoms with E-state index in [4.69, 9.17) is 0 Å². The first-order valence-corrected chi connectivity index (χ1v) is 13.6. The van der Waals surface area contributed by atoms with Gasteiger partial charge in [0.1, 0.15) is 0 Å². The zero-order valence-electron chi connectivity index (χ0n) is 21.2. The maximum Gasteiger partial charge on any atom is 0.252 e. The number of hydrogen-bond donors (Lipinski definition) is 0. The van der Waals surface area contributed by atoms with Crippen LogP contribution in [0.2, 0.25) is 0 Å². The topological polar surface area (TPSA) is 8.17 Å². The Bertz CT molecular complexity index is 1810. The molecule has 2 unspecified atom stereocenters. The smallest absolute Gasteiger partial charge is 0.252 e. The van der Waals surface area contributed by atoms with Gasteiger partial charge in [-0.3, -0.25) is 0 Å². The molecule has 1 aliphatic carbocycles. The molecule has 2 atom stereocenters. The van der Waals surface area contributed by atoms with Crippen LogP contribution in [0.5, 0.6) is 0 Å². The van der Waals surface area contributed by atoms with Crippen LogP contribution in [0.25, 0.3) is 27.5 Å². The molecule has 0 amide bonds. The maximum absolute atomic E-state index is 2.81. The van der Waals surface area contributed by atoms with E-state index < -0.39 is 0 Å². The van der Waals surface area contributed by atoms with Crippen LogP contribution < -0.4 is 21.3 Å². The highest BCUT2D eigenvalue weighted by molar-refractivity contribution is 7.00. The monoisotopic (exact) mass is 464 g/mol. The largest absolute Gasteiger partial charge is 0.335 e. The van der Waals surface area contributed by atoms with Gasteiger partial charge in [0.25, 0.3) is 6.71 Å². The number of aryl methyl sites for hydroxylation is 1. The van der Waals surface area contributed by atoms with Gasteiger partial charge < -0.3 is 9.47 Å². The van der Waals surface area contributed by atoms with Crippen molar-refractivity contribution in [2.45, 2.75) is 57.4 Å². The molecule has 5 aromatic rings. The second kappa shape index (κ2) is 6.09. The molecule has 4 heterocycles. The Morgan fingerprint density at radius 3 is 2.47 bits per heavy atom. The Hall–Kier alpha value is -3.46. The van der Waals surface area contributed by atoms with Gasteiger partial charge in [-0.25, -0.2) is 0 Å². The quantitative estimate of drug-likeness (QED) is 0.251. The number of anilines is 2. The van der Waals surface area contributed by atoms with E-state index in [2.05, 4.69) is 103 Å². The van der Waals surface area contributed by atoms with Crippen LogP contribution in [0, 0.1) is 6.92 Å². The highest BCUT2D eigenvalue weighted by Crippen LogP contribution is 2.61. The molecule has 3 aliphatic heterocycles. The fourth-order valence-electron chi connectivity index (χ4n) is 8.84. The first kappa shape index (κ1) is 19.7. The summed E-state index contributed by atoms with van der Waals surface area (Å²) < 4.78 is 2.56. The number of aromatic nitrogens is 1. The Morgan fingerprint density at radius 2 is 1.56 bits per heavy atom. The molecule has 9 rings (SSSR count). The second-order valence-corrected chi connectivity index (χ2v) is 12.1. The van der Waals surface area contributed by atoms with Crippen molar-refractivity contribution in [2.24, 2.45) is 0 Å². The third kappa shape index (κ3) is 1.93. The van der Waals surface area contributed by atoms with Crippen molar-refractivity contribution in [1.82, 2.24) is 4.57 Å². The van der Waals surface area contributed by atoms with Crippen LogP contribution in [0.15, 0.2) is 72.8 Å². The predicted molar refractivity (Wildman–Crippen MR) is 153 cm³/mol. The fourth-order valence-corrected chi connectivity index (χ4v) is 8.84. The van der Waals surface area contributed by atoms with Gasteiger partial charge in [0.15, 0.2) is 0 Å². The minimum atomic E-state index is 0.0985. The van der Waals surface area contributed by atoms with Crippen LogP contribution in [-0.4, -0.2) is 16.8 Å². The van der Waals surface area contributed by atoms with Crippen LogP contribution in [0.4, 0.5) is 11.4 Å². The van der Waals surface area contributed by atoms with Gasteiger partial charge in [0.2, 0.25) is 0 Å². The molecule has 0 saturated heterocycles. The van der Waals surface area contributed by atoms with Crippen molar-refractivity contribution in [3.8, 4) is 5.69 Å². The molecule has 36 heavy (non-hydrogen) atoms. The van der Waals surface area contributed by atoms with Crippen molar-refractivity contribution in [1.29, 1.82) is 0 Å². The Morgan fingerprint density at radius 1 is 0.778 bits per heavy atom. The minimum Gasteiger partial charge on any atom is -0.335 e. The fraction of sp³-hybridized carbons (Fsp3) is 0.273. The second-order valence-electron chi connectivity index (χ2n) is 12.1. The summed E-state index contributed by atoms with van der Waals surface area (Å²) in [6.07, 6.45) is 5.17. The van der Waals surface area contributed by atoms with Crippen molar-refractivity contribution in [3.05, 3.63) is 83.9 Å². The molecular formula is C33H29BN2. The zero-order chi connectivity index (χ0) is 24.0.